The monoisotopic (exact) mass is 440 g/mol. The summed E-state index contributed by atoms with van der Waals surface area (Å²) in [6.07, 6.45) is 5.27. The van der Waals surface area contributed by atoms with Crippen molar-refractivity contribution in [1.82, 2.24) is 9.96 Å². The molecule has 2 aliphatic heterocycles. The Bertz CT molecular complexity index is 724. The fraction of sp³-hybridized carbons (Fsp3) is 0.579. The molecule has 0 aromatic carbocycles. The highest BCUT2D eigenvalue weighted by atomic mass is 32.1. The van der Waals surface area contributed by atoms with Crippen molar-refractivity contribution in [1.29, 1.82) is 0 Å². The molecule has 10 nitrogen and oxygen atoms in total. The van der Waals surface area contributed by atoms with E-state index in [1.807, 2.05) is 0 Å². The van der Waals surface area contributed by atoms with Crippen molar-refractivity contribution < 1.29 is 38.7 Å². The van der Waals surface area contributed by atoms with Crippen LogP contribution in [-0.4, -0.2) is 62.9 Å². The van der Waals surface area contributed by atoms with Crippen LogP contribution in [0.15, 0.2) is 12.2 Å². The minimum atomic E-state index is -0.787. The van der Waals surface area contributed by atoms with Gasteiger partial charge in [-0.2, -0.15) is 12.6 Å². The normalized spacial score (nSPS) is 23.5. The topological polar surface area (TPSA) is 138 Å². The van der Waals surface area contributed by atoms with Crippen LogP contribution in [0.1, 0.15) is 44.9 Å². The van der Waals surface area contributed by atoms with Gasteiger partial charge in [0.15, 0.2) is 0 Å². The first-order valence-corrected chi connectivity index (χ1v) is 10.3. The van der Waals surface area contributed by atoms with E-state index in [1.165, 1.54) is 17.1 Å². The van der Waals surface area contributed by atoms with Gasteiger partial charge in [0.2, 0.25) is 0 Å². The predicted octanol–water partition coefficient (Wildman–Crippen LogP) is 0.716. The number of hydrogen-bond acceptors (Lipinski definition) is 8. The number of carbonyl (C=O) groups is 6. The number of aliphatic carboxylic acids is 1. The Kier molecular flexibility index (Phi) is 8.58. The van der Waals surface area contributed by atoms with Gasteiger partial charge >= 0.3 is 11.9 Å². The molecule has 0 unspecified atom stereocenters. The Morgan fingerprint density at radius 3 is 1.97 bits per heavy atom. The summed E-state index contributed by atoms with van der Waals surface area (Å²) in [5, 5.41) is 8.44. The maximum atomic E-state index is 12.1. The molecule has 1 N–H and O–H groups in total. The number of nitrogens with zero attached hydrogens (tertiary/aromatic N) is 2. The second-order valence-electron chi connectivity index (χ2n) is 7.20. The van der Waals surface area contributed by atoms with Gasteiger partial charge in [-0.1, -0.05) is 0 Å². The van der Waals surface area contributed by atoms with Crippen molar-refractivity contribution in [3.8, 4) is 0 Å². The number of rotatable bonds is 6. The zero-order valence-corrected chi connectivity index (χ0v) is 17.2. The fourth-order valence-corrected chi connectivity index (χ4v) is 3.56. The average Bonchev–Trinajstić information content (AvgIpc) is 3.19. The molecule has 0 radical (unpaired) electrons. The number of amides is 4. The van der Waals surface area contributed by atoms with E-state index in [-0.39, 0.29) is 42.9 Å². The zero-order chi connectivity index (χ0) is 22.3. The molecule has 1 aliphatic carbocycles. The van der Waals surface area contributed by atoms with E-state index in [4.69, 9.17) is 9.94 Å². The van der Waals surface area contributed by atoms with Gasteiger partial charge in [-0.25, -0.2) is 4.79 Å². The van der Waals surface area contributed by atoms with E-state index < -0.39 is 23.8 Å². The molecule has 164 valence electrons. The summed E-state index contributed by atoms with van der Waals surface area (Å²) in [7, 11) is 0. The van der Waals surface area contributed by atoms with Crippen molar-refractivity contribution in [2.24, 2.45) is 11.8 Å². The Morgan fingerprint density at radius 2 is 1.53 bits per heavy atom. The van der Waals surface area contributed by atoms with Crippen LogP contribution in [0.3, 0.4) is 0 Å². The van der Waals surface area contributed by atoms with Crippen molar-refractivity contribution in [2.45, 2.75) is 44.9 Å². The molecular formula is C19H24N2O8S. The van der Waals surface area contributed by atoms with Crippen LogP contribution in [0.4, 0.5) is 0 Å². The standard InChI is InChI=1S/C16H18N2O6.C3H6O2S/c19-12-5-6-13(20)17(12)9-10-1-3-11(4-2-10)16(23)24-18-14(21)7-8-15(18)22;4-3(5)1-2-6/h5-6,10-11H,1-4,7-9H2;6H,1-2H2,(H,4,5). The van der Waals surface area contributed by atoms with Crippen molar-refractivity contribution in [2.75, 3.05) is 12.3 Å². The lowest BCUT2D eigenvalue weighted by Gasteiger charge is -2.29. The van der Waals surface area contributed by atoms with Crippen LogP contribution in [0.25, 0.3) is 0 Å². The third-order valence-corrected chi connectivity index (χ3v) is 5.26. The SMILES string of the molecule is O=C(O)CCS.O=C(ON1C(=O)CCC1=O)C1CCC(CN2C(=O)C=CC2=O)CC1. The highest BCUT2D eigenvalue weighted by Crippen LogP contribution is 2.31. The molecule has 2 heterocycles. The second kappa shape index (κ2) is 10.9. The van der Waals surface area contributed by atoms with Gasteiger partial charge < -0.3 is 9.94 Å². The van der Waals surface area contributed by atoms with Crippen LogP contribution in [-0.2, 0) is 33.6 Å². The highest BCUT2D eigenvalue weighted by molar-refractivity contribution is 7.80. The lowest BCUT2D eigenvalue weighted by atomic mass is 9.82. The number of imide groups is 2. The molecule has 30 heavy (non-hydrogen) atoms. The molecule has 0 aromatic rings. The molecule has 0 atom stereocenters. The lowest BCUT2D eigenvalue weighted by molar-refractivity contribution is -0.201. The summed E-state index contributed by atoms with van der Waals surface area (Å²) < 4.78 is 0. The summed E-state index contributed by atoms with van der Waals surface area (Å²) in [6, 6.07) is 0. The number of thiol groups is 1. The minimum absolute atomic E-state index is 0.0742. The van der Waals surface area contributed by atoms with Gasteiger partial charge in [0, 0.05) is 37.3 Å². The molecule has 11 heteroatoms. The Labute approximate surface area is 178 Å². The summed E-state index contributed by atoms with van der Waals surface area (Å²) in [5.41, 5.74) is 0. The first-order chi connectivity index (χ1) is 14.2. The smallest absolute Gasteiger partial charge is 0.336 e. The number of carboxylic acid groups (broad SMARTS) is 1. The van der Waals surface area contributed by atoms with E-state index in [0.717, 1.165) is 0 Å². The fourth-order valence-electron chi connectivity index (χ4n) is 3.37. The lowest BCUT2D eigenvalue weighted by Crippen LogP contribution is -2.38. The predicted molar refractivity (Wildman–Crippen MR) is 105 cm³/mol. The van der Waals surface area contributed by atoms with Crippen LogP contribution >= 0.6 is 12.6 Å². The molecule has 4 amide bonds. The van der Waals surface area contributed by atoms with Crippen LogP contribution in [0, 0.1) is 11.8 Å². The first kappa shape index (κ1) is 23.6. The van der Waals surface area contributed by atoms with E-state index >= 15 is 0 Å². The highest BCUT2D eigenvalue weighted by Gasteiger charge is 2.37. The number of carboxylic acids is 1. The Hall–Kier alpha value is -2.69. The van der Waals surface area contributed by atoms with E-state index in [9.17, 15) is 28.8 Å². The average molecular weight is 440 g/mol. The maximum Gasteiger partial charge on any atom is 0.336 e. The summed E-state index contributed by atoms with van der Waals surface area (Å²) in [5.74, 6) is -2.71. The van der Waals surface area contributed by atoms with Crippen molar-refractivity contribution in [3.05, 3.63) is 12.2 Å². The van der Waals surface area contributed by atoms with Gasteiger partial charge in [-0.3, -0.25) is 28.9 Å². The molecule has 0 aromatic heterocycles. The van der Waals surface area contributed by atoms with E-state index in [0.29, 0.717) is 43.0 Å². The minimum Gasteiger partial charge on any atom is -0.481 e. The summed E-state index contributed by atoms with van der Waals surface area (Å²) >= 11 is 3.68. The summed E-state index contributed by atoms with van der Waals surface area (Å²) in [6.45, 7) is 0.357. The summed E-state index contributed by atoms with van der Waals surface area (Å²) in [4.78, 5) is 73.9. The maximum absolute atomic E-state index is 12.1. The third kappa shape index (κ3) is 6.41. The number of carbonyl (C=O) groups excluding carboxylic acids is 5. The van der Waals surface area contributed by atoms with Gasteiger partial charge in [0.1, 0.15) is 0 Å². The molecule has 2 fully saturated rings. The van der Waals surface area contributed by atoms with Crippen LogP contribution in [0.5, 0.6) is 0 Å². The third-order valence-electron chi connectivity index (χ3n) is 5.03. The molecule has 1 saturated heterocycles. The number of hydrogen-bond donors (Lipinski definition) is 2. The number of hydroxylamine groups is 2. The van der Waals surface area contributed by atoms with E-state index in [1.54, 1.807) is 0 Å². The van der Waals surface area contributed by atoms with Crippen LogP contribution < -0.4 is 0 Å². The van der Waals surface area contributed by atoms with E-state index in [2.05, 4.69) is 12.6 Å². The molecule has 1 saturated carbocycles. The first-order valence-electron chi connectivity index (χ1n) is 9.66. The van der Waals surface area contributed by atoms with Gasteiger partial charge in [-0.05, 0) is 31.6 Å². The van der Waals surface area contributed by atoms with Gasteiger partial charge in [0.25, 0.3) is 23.6 Å². The van der Waals surface area contributed by atoms with Crippen LogP contribution in [0.2, 0.25) is 0 Å². The zero-order valence-electron chi connectivity index (χ0n) is 16.3. The molecule has 3 aliphatic rings. The quantitative estimate of drug-likeness (QED) is 0.455. The Morgan fingerprint density at radius 1 is 1.00 bits per heavy atom. The van der Waals surface area contributed by atoms with Gasteiger partial charge in [-0.15, -0.1) is 5.06 Å². The largest absolute Gasteiger partial charge is 0.481 e. The second-order valence-corrected chi connectivity index (χ2v) is 7.64. The molecular weight excluding hydrogens is 416 g/mol. The molecule has 3 rings (SSSR count). The van der Waals surface area contributed by atoms with Gasteiger partial charge in [0.05, 0.1) is 12.3 Å². The van der Waals surface area contributed by atoms with Crippen molar-refractivity contribution >= 4 is 48.2 Å². The molecule has 0 spiro atoms. The Balaban J connectivity index is 0.000000469. The molecule has 0 bridgehead atoms. The van der Waals surface area contributed by atoms with Crippen molar-refractivity contribution in [3.63, 3.8) is 0 Å².